The molecular weight excluding hydrogens is 300 g/mol. The number of rotatable bonds is 7. The summed E-state index contributed by atoms with van der Waals surface area (Å²) in [6.45, 7) is 5.12. The van der Waals surface area contributed by atoms with Crippen molar-refractivity contribution in [3.63, 3.8) is 0 Å². The van der Waals surface area contributed by atoms with Gasteiger partial charge in [-0.3, -0.25) is 4.79 Å². The van der Waals surface area contributed by atoms with Gasteiger partial charge < -0.3 is 15.4 Å². The van der Waals surface area contributed by atoms with Crippen LogP contribution in [0.5, 0.6) is 5.75 Å². The maximum Gasteiger partial charge on any atom is 0.251 e. The van der Waals surface area contributed by atoms with E-state index in [1.54, 1.807) is 14.2 Å². The van der Waals surface area contributed by atoms with Crippen LogP contribution in [0.25, 0.3) is 0 Å². The van der Waals surface area contributed by atoms with E-state index in [1.165, 1.54) is 5.56 Å². The summed E-state index contributed by atoms with van der Waals surface area (Å²) in [4.78, 5) is 11.7. The minimum atomic E-state index is -0.0588. The summed E-state index contributed by atoms with van der Waals surface area (Å²) in [6, 6.07) is 16.2. The molecule has 0 aromatic heterocycles. The van der Waals surface area contributed by atoms with Gasteiger partial charge in [-0.05, 0) is 48.2 Å². The van der Waals surface area contributed by atoms with E-state index in [2.05, 4.69) is 36.6 Å². The van der Waals surface area contributed by atoms with Crippen LogP contribution in [0.2, 0.25) is 0 Å². The Hall–Kier alpha value is -2.33. The normalized spacial score (nSPS) is 13.2. The van der Waals surface area contributed by atoms with Crippen LogP contribution in [-0.2, 0) is 6.54 Å². The van der Waals surface area contributed by atoms with Crippen molar-refractivity contribution >= 4 is 5.91 Å². The highest BCUT2D eigenvalue weighted by atomic mass is 16.5. The van der Waals surface area contributed by atoms with Crippen LogP contribution >= 0.6 is 0 Å². The van der Waals surface area contributed by atoms with Crippen molar-refractivity contribution in [1.82, 2.24) is 10.6 Å². The van der Waals surface area contributed by atoms with Crippen LogP contribution in [0.1, 0.15) is 41.3 Å². The first-order valence-electron chi connectivity index (χ1n) is 8.23. The monoisotopic (exact) mass is 326 g/mol. The van der Waals surface area contributed by atoms with E-state index >= 15 is 0 Å². The Labute approximate surface area is 144 Å². The fraction of sp³-hybridized carbons (Fsp3) is 0.350. The molecule has 0 radical (unpaired) electrons. The van der Waals surface area contributed by atoms with Gasteiger partial charge in [0.25, 0.3) is 5.91 Å². The molecule has 2 rings (SSSR count). The van der Waals surface area contributed by atoms with Crippen LogP contribution in [0, 0.1) is 0 Å². The van der Waals surface area contributed by atoms with Crippen LogP contribution in [0.3, 0.4) is 0 Å². The Morgan fingerprint density at radius 1 is 1.12 bits per heavy atom. The maximum absolute atomic E-state index is 11.7. The fourth-order valence-electron chi connectivity index (χ4n) is 2.62. The Kier molecular flexibility index (Phi) is 6.38. The molecule has 0 saturated carbocycles. The number of hydrogen-bond donors (Lipinski definition) is 2. The molecule has 2 atom stereocenters. The lowest BCUT2D eigenvalue weighted by Crippen LogP contribution is -2.30. The average Bonchev–Trinajstić information content (AvgIpc) is 2.65. The zero-order chi connectivity index (χ0) is 17.5. The Balaban J connectivity index is 1.96. The molecule has 1 amide bonds. The van der Waals surface area contributed by atoms with Crippen molar-refractivity contribution in [3.8, 4) is 5.75 Å². The van der Waals surface area contributed by atoms with E-state index < -0.39 is 0 Å². The Bertz CT molecular complexity index is 668. The smallest absolute Gasteiger partial charge is 0.251 e. The zero-order valence-electron chi connectivity index (χ0n) is 14.8. The van der Waals surface area contributed by atoms with Crippen LogP contribution in [0.15, 0.2) is 48.5 Å². The summed E-state index contributed by atoms with van der Waals surface area (Å²) in [5.41, 5.74) is 3.06. The molecule has 4 heteroatoms. The van der Waals surface area contributed by atoms with E-state index in [1.807, 2.05) is 36.4 Å². The van der Waals surface area contributed by atoms with E-state index in [9.17, 15) is 4.79 Å². The van der Waals surface area contributed by atoms with Gasteiger partial charge in [0, 0.05) is 25.2 Å². The molecular formula is C20H26N2O2. The second kappa shape index (κ2) is 8.50. The van der Waals surface area contributed by atoms with Crippen LogP contribution in [0.4, 0.5) is 0 Å². The molecule has 0 saturated heterocycles. The van der Waals surface area contributed by atoms with Gasteiger partial charge in [0.1, 0.15) is 5.75 Å². The number of amides is 1. The zero-order valence-corrected chi connectivity index (χ0v) is 14.8. The quantitative estimate of drug-likeness (QED) is 0.820. The molecule has 0 heterocycles. The number of carbonyl (C=O) groups excluding carboxylic acids is 1. The number of benzene rings is 2. The Morgan fingerprint density at radius 3 is 2.46 bits per heavy atom. The molecule has 0 fully saturated rings. The lowest BCUT2D eigenvalue weighted by molar-refractivity contribution is 0.0963. The van der Waals surface area contributed by atoms with E-state index in [-0.39, 0.29) is 5.91 Å². The van der Waals surface area contributed by atoms with Crippen molar-refractivity contribution in [2.75, 3.05) is 14.2 Å². The van der Waals surface area contributed by atoms with Crippen LogP contribution in [-0.4, -0.2) is 26.1 Å². The molecule has 2 aromatic carbocycles. The summed E-state index contributed by atoms with van der Waals surface area (Å²) in [6.07, 6.45) is 0. The van der Waals surface area contributed by atoms with Gasteiger partial charge in [0.2, 0.25) is 0 Å². The Morgan fingerprint density at radius 2 is 1.83 bits per heavy atom. The first-order valence-corrected chi connectivity index (χ1v) is 8.23. The molecule has 0 unspecified atom stereocenters. The lowest BCUT2D eigenvalue weighted by atomic mass is 9.94. The molecule has 0 aliphatic carbocycles. The maximum atomic E-state index is 11.7. The highest BCUT2D eigenvalue weighted by Crippen LogP contribution is 2.22. The van der Waals surface area contributed by atoms with Crippen molar-refractivity contribution in [1.29, 1.82) is 0 Å². The van der Waals surface area contributed by atoms with Crippen molar-refractivity contribution in [3.05, 3.63) is 65.2 Å². The highest BCUT2D eigenvalue weighted by Gasteiger charge is 2.14. The molecule has 2 N–H and O–H groups in total. The number of methoxy groups -OCH3 is 1. The first kappa shape index (κ1) is 18.0. The molecule has 0 bridgehead atoms. The van der Waals surface area contributed by atoms with Gasteiger partial charge in [0.05, 0.1) is 7.11 Å². The largest absolute Gasteiger partial charge is 0.497 e. The van der Waals surface area contributed by atoms with Crippen LogP contribution < -0.4 is 15.4 Å². The molecule has 2 aromatic rings. The van der Waals surface area contributed by atoms with Gasteiger partial charge in [0.15, 0.2) is 0 Å². The van der Waals surface area contributed by atoms with E-state index in [0.717, 1.165) is 17.9 Å². The minimum absolute atomic E-state index is 0.0588. The molecule has 0 aliphatic heterocycles. The first-order chi connectivity index (χ1) is 11.5. The van der Waals surface area contributed by atoms with Crippen molar-refractivity contribution in [2.45, 2.75) is 32.4 Å². The molecule has 0 spiro atoms. The third kappa shape index (κ3) is 4.59. The summed E-state index contributed by atoms with van der Waals surface area (Å²) in [5.74, 6) is 1.19. The topological polar surface area (TPSA) is 50.4 Å². The van der Waals surface area contributed by atoms with E-state index in [0.29, 0.717) is 17.5 Å². The number of ether oxygens (including phenoxy) is 1. The summed E-state index contributed by atoms with van der Waals surface area (Å²) in [7, 11) is 3.32. The average molecular weight is 326 g/mol. The van der Waals surface area contributed by atoms with Crippen molar-refractivity contribution in [2.24, 2.45) is 0 Å². The fourth-order valence-corrected chi connectivity index (χ4v) is 2.62. The van der Waals surface area contributed by atoms with E-state index in [4.69, 9.17) is 4.74 Å². The second-order valence-electron chi connectivity index (χ2n) is 6.01. The molecule has 0 aliphatic rings. The SMILES string of the molecule is CNC(=O)c1cccc(CN[C@@H](C)[C@H](C)c2ccc(OC)cc2)c1. The third-order valence-corrected chi connectivity index (χ3v) is 4.44. The third-order valence-electron chi connectivity index (χ3n) is 4.44. The van der Waals surface area contributed by atoms with Gasteiger partial charge in [-0.15, -0.1) is 0 Å². The summed E-state index contributed by atoms with van der Waals surface area (Å²) in [5, 5.41) is 6.20. The molecule has 4 nitrogen and oxygen atoms in total. The predicted octanol–water partition coefficient (Wildman–Crippen LogP) is 3.34. The van der Waals surface area contributed by atoms with Gasteiger partial charge in [-0.2, -0.15) is 0 Å². The predicted molar refractivity (Wildman–Crippen MR) is 97.5 cm³/mol. The van der Waals surface area contributed by atoms with Gasteiger partial charge in [-0.25, -0.2) is 0 Å². The number of carbonyl (C=O) groups is 1. The number of hydrogen-bond acceptors (Lipinski definition) is 3. The lowest BCUT2D eigenvalue weighted by Gasteiger charge is -2.22. The minimum Gasteiger partial charge on any atom is -0.497 e. The van der Waals surface area contributed by atoms with Gasteiger partial charge in [-0.1, -0.05) is 31.2 Å². The summed E-state index contributed by atoms with van der Waals surface area (Å²) < 4.78 is 5.21. The summed E-state index contributed by atoms with van der Waals surface area (Å²) >= 11 is 0. The number of nitrogens with one attached hydrogen (secondary N) is 2. The molecule has 24 heavy (non-hydrogen) atoms. The molecule has 128 valence electrons. The van der Waals surface area contributed by atoms with Crippen molar-refractivity contribution < 1.29 is 9.53 Å². The highest BCUT2D eigenvalue weighted by molar-refractivity contribution is 5.94. The standard InChI is InChI=1S/C20H26N2O2/c1-14(17-8-10-19(24-4)11-9-17)15(2)22-13-16-6-5-7-18(12-16)20(23)21-3/h5-12,14-15,22H,13H2,1-4H3,(H,21,23)/t14-,15-/m0/s1. The van der Waals surface area contributed by atoms with Gasteiger partial charge >= 0.3 is 0 Å². The second-order valence-corrected chi connectivity index (χ2v) is 6.01.